The third-order valence-electron chi connectivity index (χ3n) is 1.75. The van der Waals surface area contributed by atoms with E-state index in [9.17, 15) is 13.2 Å². The van der Waals surface area contributed by atoms with Crippen LogP contribution in [-0.4, -0.2) is 37.5 Å². The lowest BCUT2D eigenvalue weighted by molar-refractivity contribution is -0.151. The first-order valence-corrected chi connectivity index (χ1v) is 7.05. The largest absolute Gasteiger partial charge is 0.459 e. The van der Waals surface area contributed by atoms with E-state index in [0.717, 1.165) is 0 Å². The average molecular weight is 251 g/mol. The Morgan fingerprint density at radius 2 is 1.88 bits per heavy atom. The molecule has 0 fully saturated rings. The van der Waals surface area contributed by atoms with Crippen molar-refractivity contribution in [2.24, 2.45) is 5.73 Å². The maximum atomic E-state index is 11.5. The summed E-state index contributed by atoms with van der Waals surface area (Å²) in [6, 6.07) is -0.424. The summed E-state index contributed by atoms with van der Waals surface area (Å²) in [5.74, 6) is -1.50. The topological polar surface area (TPSA) is 86.5 Å². The van der Waals surface area contributed by atoms with Crippen LogP contribution in [-0.2, 0) is 19.4 Å². The standard InChI is InChI=1S/C10H21NO4S/c1-5-8(11)6-16(13,14)7-9(12)15-10(2,3)4/h8H,5-7,11H2,1-4H3. The van der Waals surface area contributed by atoms with Crippen molar-refractivity contribution < 1.29 is 17.9 Å². The predicted molar refractivity (Wildman–Crippen MR) is 62.8 cm³/mol. The van der Waals surface area contributed by atoms with Crippen LogP contribution in [0.3, 0.4) is 0 Å². The van der Waals surface area contributed by atoms with Gasteiger partial charge in [-0.05, 0) is 27.2 Å². The van der Waals surface area contributed by atoms with Gasteiger partial charge in [0.1, 0.15) is 11.4 Å². The summed E-state index contributed by atoms with van der Waals surface area (Å²) in [5.41, 5.74) is 4.86. The quantitative estimate of drug-likeness (QED) is 0.718. The SMILES string of the molecule is CCC(N)CS(=O)(=O)CC(=O)OC(C)(C)C. The van der Waals surface area contributed by atoms with Gasteiger partial charge >= 0.3 is 5.97 Å². The van der Waals surface area contributed by atoms with Gasteiger partial charge in [0.2, 0.25) is 0 Å². The number of ether oxygens (including phenoxy) is 1. The molecule has 1 unspecified atom stereocenters. The van der Waals surface area contributed by atoms with Gasteiger partial charge in [-0.1, -0.05) is 6.92 Å². The molecule has 96 valence electrons. The zero-order valence-corrected chi connectivity index (χ0v) is 11.1. The molecule has 0 aromatic rings. The third-order valence-corrected chi connectivity index (χ3v) is 3.36. The van der Waals surface area contributed by atoms with Gasteiger partial charge < -0.3 is 10.5 Å². The van der Waals surface area contributed by atoms with Crippen molar-refractivity contribution in [1.82, 2.24) is 0 Å². The highest BCUT2D eigenvalue weighted by atomic mass is 32.2. The van der Waals surface area contributed by atoms with E-state index in [-0.39, 0.29) is 5.75 Å². The molecule has 6 heteroatoms. The highest BCUT2D eigenvalue weighted by Crippen LogP contribution is 2.08. The summed E-state index contributed by atoms with van der Waals surface area (Å²) in [4.78, 5) is 11.3. The molecule has 0 radical (unpaired) electrons. The summed E-state index contributed by atoms with van der Waals surface area (Å²) in [6.45, 7) is 6.87. The van der Waals surface area contributed by atoms with E-state index in [2.05, 4.69) is 0 Å². The molecular formula is C10H21NO4S. The number of hydrogen-bond acceptors (Lipinski definition) is 5. The predicted octanol–water partition coefficient (Wildman–Crippen LogP) is 0.480. The molecule has 0 aliphatic rings. The molecule has 16 heavy (non-hydrogen) atoms. The van der Waals surface area contributed by atoms with Gasteiger partial charge in [-0.15, -0.1) is 0 Å². The van der Waals surface area contributed by atoms with Gasteiger partial charge in [0.05, 0.1) is 5.75 Å². The van der Waals surface area contributed by atoms with Gasteiger partial charge in [0.25, 0.3) is 0 Å². The summed E-state index contributed by atoms with van der Waals surface area (Å²) < 4.78 is 28.0. The van der Waals surface area contributed by atoms with E-state index >= 15 is 0 Å². The smallest absolute Gasteiger partial charge is 0.321 e. The molecule has 2 N–H and O–H groups in total. The van der Waals surface area contributed by atoms with E-state index in [1.165, 1.54) is 0 Å². The van der Waals surface area contributed by atoms with Gasteiger partial charge in [-0.3, -0.25) is 4.79 Å². The van der Waals surface area contributed by atoms with E-state index in [0.29, 0.717) is 6.42 Å². The summed E-state index contributed by atoms with van der Waals surface area (Å²) in [6.07, 6.45) is 0.563. The molecule has 0 aliphatic carbocycles. The van der Waals surface area contributed by atoms with E-state index in [1.807, 2.05) is 0 Å². The summed E-state index contributed by atoms with van der Waals surface area (Å²) in [5, 5.41) is 0. The monoisotopic (exact) mass is 251 g/mol. The van der Waals surface area contributed by atoms with Crippen LogP contribution < -0.4 is 5.73 Å². The summed E-state index contributed by atoms with van der Waals surface area (Å²) in [7, 11) is -3.46. The molecule has 0 saturated heterocycles. The number of sulfone groups is 1. The normalized spacial score (nSPS) is 14.6. The lowest BCUT2D eigenvalue weighted by atomic mass is 10.2. The molecule has 0 saturated carbocycles. The number of carbonyl (C=O) groups is 1. The number of rotatable bonds is 5. The fourth-order valence-electron chi connectivity index (χ4n) is 1.05. The van der Waals surface area contributed by atoms with E-state index < -0.39 is 33.2 Å². The van der Waals surface area contributed by atoms with E-state index in [4.69, 9.17) is 10.5 Å². The van der Waals surface area contributed by atoms with Crippen LogP contribution in [0.4, 0.5) is 0 Å². The van der Waals surface area contributed by atoms with Crippen LogP contribution in [0.1, 0.15) is 34.1 Å². The number of nitrogens with two attached hydrogens (primary N) is 1. The second-order valence-corrected chi connectivity index (χ2v) is 6.92. The van der Waals surface area contributed by atoms with Gasteiger partial charge in [0, 0.05) is 6.04 Å². The molecule has 0 rings (SSSR count). The lowest BCUT2D eigenvalue weighted by Gasteiger charge is -2.19. The zero-order valence-electron chi connectivity index (χ0n) is 10.3. The lowest BCUT2D eigenvalue weighted by Crippen LogP contribution is -2.34. The number of carbonyl (C=O) groups excluding carboxylic acids is 1. The highest BCUT2D eigenvalue weighted by Gasteiger charge is 2.24. The molecule has 0 aliphatic heterocycles. The fourth-order valence-corrected chi connectivity index (χ4v) is 2.48. The van der Waals surface area contributed by atoms with Crippen LogP contribution in [0.15, 0.2) is 0 Å². The van der Waals surface area contributed by atoms with Gasteiger partial charge in [-0.2, -0.15) is 0 Å². The fraction of sp³-hybridized carbons (Fsp3) is 0.900. The Labute approximate surface area is 97.3 Å². The van der Waals surface area contributed by atoms with Crippen molar-refractivity contribution in [2.75, 3.05) is 11.5 Å². The molecule has 0 aromatic heterocycles. The van der Waals surface area contributed by atoms with Crippen LogP contribution >= 0.6 is 0 Å². The Hall–Kier alpha value is -0.620. The van der Waals surface area contributed by atoms with Gasteiger partial charge in [-0.25, -0.2) is 8.42 Å². The highest BCUT2D eigenvalue weighted by molar-refractivity contribution is 7.92. The third kappa shape index (κ3) is 7.64. The number of esters is 1. The van der Waals surface area contributed by atoms with Crippen molar-refractivity contribution in [2.45, 2.75) is 45.8 Å². The molecule has 1 atom stereocenters. The summed E-state index contributed by atoms with van der Waals surface area (Å²) >= 11 is 0. The molecule has 0 spiro atoms. The number of hydrogen-bond donors (Lipinski definition) is 1. The van der Waals surface area contributed by atoms with Crippen molar-refractivity contribution in [1.29, 1.82) is 0 Å². The molecule has 0 amide bonds. The first kappa shape index (κ1) is 15.4. The minimum absolute atomic E-state index is 0.178. The molecule has 5 nitrogen and oxygen atoms in total. The van der Waals surface area contributed by atoms with Crippen LogP contribution in [0.2, 0.25) is 0 Å². The van der Waals surface area contributed by atoms with Crippen LogP contribution in [0, 0.1) is 0 Å². The van der Waals surface area contributed by atoms with Crippen molar-refractivity contribution in [3.05, 3.63) is 0 Å². The molecule has 0 heterocycles. The van der Waals surface area contributed by atoms with Crippen LogP contribution in [0.5, 0.6) is 0 Å². The van der Waals surface area contributed by atoms with E-state index in [1.54, 1.807) is 27.7 Å². The molecular weight excluding hydrogens is 230 g/mol. The Morgan fingerprint density at radius 1 is 1.38 bits per heavy atom. The first-order chi connectivity index (χ1) is 7.06. The van der Waals surface area contributed by atoms with Crippen molar-refractivity contribution in [3.8, 4) is 0 Å². The maximum Gasteiger partial charge on any atom is 0.321 e. The second kappa shape index (κ2) is 5.63. The molecule has 0 bridgehead atoms. The first-order valence-electron chi connectivity index (χ1n) is 5.23. The zero-order chi connectivity index (χ0) is 13.0. The Balaban J connectivity index is 4.33. The molecule has 0 aromatic carbocycles. The van der Waals surface area contributed by atoms with Gasteiger partial charge in [0.15, 0.2) is 9.84 Å². The maximum absolute atomic E-state index is 11.5. The average Bonchev–Trinajstić information content (AvgIpc) is 1.97. The second-order valence-electron chi connectivity index (χ2n) is 4.81. The Morgan fingerprint density at radius 3 is 2.25 bits per heavy atom. The Kier molecular flexibility index (Phi) is 5.41. The van der Waals surface area contributed by atoms with Crippen LogP contribution in [0.25, 0.3) is 0 Å². The minimum Gasteiger partial charge on any atom is -0.459 e. The Bertz CT molecular complexity index is 329. The van der Waals surface area contributed by atoms with Crippen molar-refractivity contribution in [3.63, 3.8) is 0 Å². The minimum atomic E-state index is -3.46. The van der Waals surface area contributed by atoms with Crippen molar-refractivity contribution >= 4 is 15.8 Å².